The highest BCUT2D eigenvalue weighted by Crippen LogP contribution is 2.13. The zero-order valence-electron chi connectivity index (χ0n) is 11.1. The van der Waals surface area contributed by atoms with E-state index >= 15 is 0 Å². The van der Waals surface area contributed by atoms with Gasteiger partial charge < -0.3 is 4.74 Å². The van der Waals surface area contributed by atoms with Gasteiger partial charge in [0.15, 0.2) is 0 Å². The summed E-state index contributed by atoms with van der Waals surface area (Å²) in [5.41, 5.74) is 2.76. The van der Waals surface area contributed by atoms with Crippen LogP contribution in [0.15, 0.2) is 73.1 Å². The van der Waals surface area contributed by atoms with Crippen LogP contribution in [0, 0.1) is 5.92 Å². The van der Waals surface area contributed by atoms with Gasteiger partial charge in [0.05, 0.1) is 7.11 Å². The van der Waals surface area contributed by atoms with E-state index in [4.69, 9.17) is 4.74 Å². The van der Waals surface area contributed by atoms with Crippen LogP contribution < -0.4 is 0 Å². The van der Waals surface area contributed by atoms with E-state index in [2.05, 4.69) is 40.2 Å². The summed E-state index contributed by atoms with van der Waals surface area (Å²) in [6, 6.07) is 0. The first kappa shape index (κ1) is 15.2. The Balaban J connectivity index is 4.43. The standard InChI is InChI=1S/C16H22O/c1-12(2)13(3)8-9-14(4)15(5)10-11-16(6)17-7/h8-12H,3-6H2,1-2,7H3/b9-8-,11-10-. The minimum absolute atomic E-state index is 0.441. The highest BCUT2D eigenvalue weighted by atomic mass is 16.5. The van der Waals surface area contributed by atoms with Gasteiger partial charge in [0, 0.05) is 0 Å². The molecule has 0 spiro atoms. The molecular weight excluding hydrogens is 208 g/mol. The average molecular weight is 230 g/mol. The highest BCUT2D eigenvalue weighted by Gasteiger charge is 1.96. The molecule has 0 rings (SSSR count). The molecule has 1 nitrogen and oxygen atoms in total. The molecule has 0 fully saturated rings. The molecule has 0 aromatic rings. The third kappa shape index (κ3) is 6.41. The lowest BCUT2D eigenvalue weighted by Gasteiger charge is -2.04. The van der Waals surface area contributed by atoms with Crippen LogP contribution >= 0.6 is 0 Å². The topological polar surface area (TPSA) is 9.23 Å². The molecule has 0 aliphatic heterocycles. The van der Waals surface area contributed by atoms with Gasteiger partial charge in [0.1, 0.15) is 5.76 Å². The summed E-state index contributed by atoms with van der Waals surface area (Å²) in [6.07, 6.45) is 7.48. The highest BCUT2D eigenvalue weighted by molar-refractivity contribution is 5.45. The summed E-state index contributed by atoms with van der Waals surface area (Å²) >= 11 is 0. The minimum atomic E-state index is 0.441. The van der Waals surface area contributed by atoms with Gasteiger partial charge in [-0.05, 0) is 23.1 Å². The molecule has 92 valence electrons. The number of methoxy groups -OCH3 is 1. The Kier molecular flexibility index (Phi) is 6.73. The molecule has 0 heterocycles. The van der Waals surface area contributed by atoms with E-state index in [1.165, 1.54) is 0 Å². The predicted molar refractivity (Wildman–Crippen MR) is 76.7 cm³/mol. The molecule has 1 heteroatoms. The molecule has 0 aliphatic rings. The molecule has 0 aromatic carbocycles. The predicted octanol–water partition coefficient (Wildman–Crippen LogP) is 4.58. The number of rotatable bonds is 7. The molecule has 0 atom stereocenters. The van der Waals surface area contributed by atoms with Crippen LogP contribution in [0.25, 0.3) is 0 Å². The Bertz CT molecular complexity index is 378. The third-order valence-electron chi connectivity index (χ3n) is 2.39. The van der Waals surface area contributed by atoms with Crippen molar-refractivity contribution in [2.45, 2.75) is 13.8 Å². The van der Waals surface area contributed by atoms with E-state index in [0.29, 0.717) is 11.7 Å². The Morgan fingerprint density at radius 3 is 1.76 bits per heavy atom. The van der Waals surface area contributed by atoms with Crippen molar-refractivity contribution in [2.24, 2.45) is 5.92 Å². The van der Waals surface area contributed by atoms with Gasteiger partial charge in [-0.15, -0.1) is 0 Å². The van der Waals surface area contributed by atoms with Crippen LogP contribution in [0.4, 0.5) is 0 Å². The van der Waals surface area contributed by atoms with Crippen LogP contribution in [0.3, 0.4) is 0 Å². The number of ether oxygens (including phenoxy) is 1. The summed E-state index contributed by atoms with van der Waals surface area (Å²) in [5.74, 6) is 1.03. The summed E-state index contributed by atoms with van der Waals surface area (Å²) < 4.78 is 4.93. The first-order valence-corrected chi connectivity index (χ1v) is 5.54. The lowest BCUT2D eigenvalue weighted by Crippen LogP contribution is -1.88. The Hall–Kier alpha value is -1.76. The van der Waals surface area contributed by atoms with Crippen molar-refractivity contribution < 1.29 is 4.74 Å². The summed E-state index contributed by atoms with van der Waals surface area (Å²) in [5, 5.41) is 0. The molecule has 17 heavy (non-hydrogen) atoms. The molecule has 0 unspecified atom stereocenters. The minimum Gasteiger partial charge on any atom is -0.497 e. The normalized spacial score (nSPS) is 11.1. The Labute approximate surface area is 105 Å². The quantitative estimate of drug-likeness (QED) is 0.459. The molecule has 0 N–H and O–H groups in total. The maximum Gasteiger partial charge on any atom is 0.111 e. The van der Waals surface area contributed by atoms with E-state index in [9.17, 15) is 0 Å². The fraction of sp³-hybridized carbons (Fsp3) is 0.250. The monoisotopic (exact) mass is 230 g/mol. The van der Waals surface area contributed by atoms with Gasteiger partial charge in [-0.2, -0.15) is 0 Å². The maximum atomic E-state index is 4.93. The summed E-state index contributed by atoms with van der Waals surface area (Å²) in [6.45, 7) is 19.7. The summed E-state index contributed by atoms with van der Waals surface area (Å²) in [7, 11) is 1.58. The van der Waals surface area contributed by atoms with E-state index in [0.717, 1.165) is 16.7 Å². The number of hydrogen-bond acceptors (Lipinski definition) is 1. The van der Waals surface area contributed by atoms with E-state index in [1.54, 1.807) is 13.2 Å². The molecule has 0 saturated heterocycles. The van der Waals surface area contributed by atoms with Crippen LogP contribution in [-0.4, -0.2) is 7.11 Å². The van der Waals surface area contributed by atoms with Crippen LogP contribution in [0.1, 0.15) is 13.8 Å². The second kappa shape index (κ2) is 7.50. The Morgan fingerprint density at radius 1 is 0.882 bits per heavy atom. The van der Waals surface area contributed by atoms with Gasteiger partial charge >= 0.3 is 0 Å². The summed E-state index contributed by atoms with van der Waals surface area (Å²) in [4.78, 5) is 0. The van der Waals surface area contributed by atoms with Crippen molar-refractivity contribution in [1.82, 2.24) is 0 Å². The smallest absolute Gasteiger partial charge is 0.111 e. The van der Waals surface area contributed by atoms with Gasteiger partial charge in [-0.3, -0.25) is 0 Å². The van der Waals surface area contributed by atoms with E-state index < -0.39 is 0 Å². The molecular formula is C16H22O. The van der Waals surface area contributed by atoms with Gasteiger partial charge in [0.25, 0.3) is 0 Å². The van der Waals surface area contributed by atoms with Gasteiger partial charge in [-0.1, -0.05) is 64.0 Å². The van der Waals surface area contributed by atoms with Crippen molar-refractivity contribution in [3.05, 3.63) is 73.1 Å². The van der Waals surface area contributed by atoms with Crippen molar-refractivity contribution in [1.29, 1.82) is 0 Å². The SMILES string of the molecule is C=C(/C=C\C(=C)C(=C)/C=C\C(=C)C(C)C)OC. The molecule has 0 saturated carbocycles. The molecule has 0 radical (unpaired) electrons. The molecule has 0 bridgehead atoms. The van der Waals surface area contributed by atoms with Crippen LogP contribution in [-0.2, 0) is 4.74 Å². The lowest BCUT2D eigenvalue weighted by molar-refractivity contribution is 0.309. The second-order valence-corrected chi connectivity index (χ2v) is 4.12. The maximum absolute atomic E-state index is 4.93. The zero-order valence-corrected chi connectivity index (χ0v) is 11.1. The molecule has 0 aliphatic carbocycles. The van der Waals surface area contributed by atoms with Crippen molar-refractivity contribution in [2.75, 3.05) is 7.11 Å². The van der Waals surface area contributed by atoms with Crippen molar-refractivity contribution in [3.8, 4) is 0 Å². The van der Waals surface area contributed by atoms with Gasteiger partial charge in [-0.25, -0.2) is 0 Å². The Morgan fingerprint density at radius 2 is 1.35 bits per heavy atom. The zero-order chi connectivity index (χ0) is 13.4. The second-order valence-electron chi connectivity index (χ2n) is 4.12. The van der Waals surface area contributed by atoms with E-state index in [-0.39, 0.29) is 0 Å². The third-order valence-corrected chi connectivity index (χ3v) is 2.39. The first-order valence-electron chi connectivity index (χ1n) is 5.54. The fourth-order valence-corrected chi connectivity index (χ4v) is 0.876. The van der Waals surface area contributed by atoms with Crippen LogP contribution in [0.2, 0.25) is 0 Å². The largest absolute Gasteiger partial charge is 0.497 e. The van der Waals surface area contributed by atoms with Gasteiger partial charge in [0.2, 0.25) is 0 Å². The van der Waals surface area contributed by atoms with Crippen LogP contribution in [0.5, 0.6) is 0 Å². The number of allylic oxidation sites excluding steroid dienone is 7. The number of hydrogen-bond donors (Lipinski definition) is 0. The first-order chi connectivity index (χ1) is 7.88. The lowest BCUT2D eigenvalue weighted by atomic mass is 10.0. The van der Waals surface area contributed by atoms with E-state index in [1.807, 2.05) is 18.2 Å². The van der Waals surface area contributed by atoms with Crippen molar-refractivity contribution >= 4 is 0 Å². The average Bonchev–Trinajstić information content (AvgIpc) is 2.31. The molecule has 0 amide bonds. The van der Waals surface area contributed by atoms with Crippen molar-refractivity contribution in [3.63, 3.8) is 0 Å². The fourth-order valence-electron chi connectivity index (χ4n) is 0.876. The molecule has 0 aromatic heterocycles.